The molecular weight excluding hydrogens is 216 g/mol. The molecular formula is C13H18N2O2. The molecule has 2 fully saturated rings. The number of hydrogen-bond donors (Lipinski definition) is 0. The first-order chi connectivity index (χ1) is 8.13. The van der Waals surface area contributed by atoms with Crippen molar-refractivity contribution in [3.8, 4) is 0 Å². The Kier molecular flexibility index (Phi) is 2.28. The van der Waals surface area contributed by atoms with Crippen LogP contribution in [0.2, 0.25) is 0 Å². The Morgan fingerprint density at radius 3 is 3.12 bits per heavy atom. The molecule has 1 amide bonds. The van der Waals surface area contributed by atoms with Gasteiger partial charge >= 0.3 is 0 Å². The molecule has 0 aromatic carbocycles. The van der Waals surface area contributed by atoms with Crippen LogP contribution in [0.4, 0.5) is 0 Å². The maximum absolute atomic E-state index is 12.1. The van der Waals surface area contributed by atoms with Crippen LogP contribution in [0.1, 0.15) is 31.2 Å². The second kappa shape index (κ2) is 3.59. The molecule has 1 aromatic heterocycles. The predicted octanol–water partition coefficient (Wildman–Crippen LogP) is 1.78. The minimum atomic E-state index is 0.182. The molecule has 3 rings (SSSR count). The molecule has 4 nitrogen and oxygen atoms in total. The van der Waals surface area contributed by atoms with Crippen LogP contribution in [0, 0.1) is 18.3 Å². The van der Waals surface area contributed by atoms with E-state index >= 15 is 0 Å². The van der Waals surface area contributed by atoms with Crippen molar-refractivity contribution in [1.82, 2.24) is 10.1 Å². The first-order valence-corrected chi connectivity index (χ1v) is 6.33. The zero-order valence-electron chi connectivity index (χ0n) is 10.4. The van der Waals surface area contributed by atoms with Gasteiger partial charge in [0.05, 0.1) is 12.1 Å². The summed E-state index contributed by atoms with van der Waals surface area (Å²) in [6.07, 6.45) is 2.87. The number of aryl methyl sites for hydroxylation is 1. The highest BCUT2D eigenvalue weighted by Gasteiger charge is 2.59. The number of fused-ring (bicyclic) bond motifs is 1. The van der Waals surface area contributed by atoms with E-state index in [-0.39, 0.29) is 5.91 Å². The molecule has 4 heteroatoms. The van der Waals surface area contributed by atoms with Gasteiger partial charge in [-0.05, 0) is 31.1 Å². The first kappa shape index (κ1) is 10.8. The third-order valence-electron chi connectivity index (χ3n) is 4.36. The highest BCUT2D eigenvalue weighted by Crippen LogP contribution is 2.59. The van der Waals surface area contributed by atoms with Gasteiger partial charge in [0, 0.05) is 19.2 Å². The largest absolute Gasteiger partial charge is 0.361 e. The van der Waals surface area contributed by atoms with Crippen molar-refractivity contribution in [3.05, 3.63) is 17.5 Å². The maximum Gasteiger partial charge on any atom is 0.230 e. The van der Waals surface area contributed by atoms with Gasteiger partial charge in [-0.3, -0.25) is 4.79 Å². The highest BCUT2D eigenvalue weighted by molar-refractivity contribution is 5.78. The molecule has 0 bridgehead atoms. The second-order valence-corrected chi connectivity index (χ2v) is 5.50. The van der Waals surface area contributed by atoms with E-state index in [0.717, 1.165) is 24.7 Å². The van der Waals surface area contributed by atoms with Gasteiger partial charge in [0.25, 0.3) is 0 Å². The number of rotatable bonds is 3. The van der Waals surface area contributed by atoms with Gasteiger partial charge in [0.1, 0.15) is 5.76 Å². The number of carbonyl (C=O) groups excluding carboxylic acids is 1. The molecule has 1 aromatic rings. The average molecular weight is 234 g/mol. The van der Waals surface area contributed by atoms with E-state index in [0.29, 0.717) is 17.6 Å². The van der Waals surface area contributed by atoms with Gasteiger partial charge in [-0.25, -0.2) is 0 Å². The molecule has 2 heterocycles. The molecule has 0 radical (unpaired) electrons. The predicted molar refractivity (Wildman–Crippen MR) is 62.4 cm³/mol. The van der Waals surface area contributed by atoms with Crippen molar-refractivity contribution >= 4 is 5.91 Å². The van der Waals surface area contributed by atoms with Gasteiger partial charge < -0.3 is 9.42 Å². The molecule has 1 aliphatic heterocycles. The van der Waals surface area contributed by atoms with Crippen LogP contribution >= 0.6 is 0 Å². The summed E-state index contributed by atoms with van der Waals surface area (Å²) >= 11 is 0. The minimum absolute atomic E-state index is 0.182. The van der Waals surface area contributed by atoms with E-state index in [4.69, 9.17) is 4.52 Å². The van der Waals surface area contributed by atoms with E-state index in [1.165, 1.54) is 12.8 Å². The molecule has 1 saturated carbocycles. The topological polar surface area (TPSA) is 46.3 Å². The van der Waals surface area contributed by atoms with Crippen molar-refractivity contribution in [2.24, 2.45) is 11.3 Å². The zero-order chi connectivity index (χ0) is 12.0. The van der Waals surface area contributed by atoms with Gasteiger partial charge in [-0.2, -0.15) is 0 Å². The van der Waals surface area contributed by atoms with Crippen LogP contribution in [-0.2, 0) is 11.2 Å². The monoisotopic (exact) mass is 234 g/mol. The Hall–Kier alpha value is -1.32. The molecule has 2 unspecified atom stereocenters. The number of hydrogen-bond acceptors (Lipinski definition) is 3. The van der Waals surface area contributed by atoms with Crippen LogP contribution < -0.4 is 0 Å². The van der Waals surface area contributed by atoms with Crippen LogP contribution in [0.25, 0.3) is 0 Å². The van der Waals surface area contributed by atoms with E-state index in [2.05, 4.69) is 12.1 Å². The van der Waals surface area contributed by atoms with Crippen LogP contribution in [-0.4, -0.2) is 29.1 Å². The molecule has 0 N–H and O–H groups in total. The summed E-state index contributed by atoms with van der Waals surface area (Å²) in [5, 5.41) is 3.80. The normalized spacial score (nSPS) is 30.5. The third kappa shape index (κ3) is 1.75. The third-order valence-corrected chi connectivity index (χ3v) is 4.36. The lowest BCUT2D eigenvalue weighted by molar-refractivity contribution is -0.130. The summed E-state index contributed by atoms with van der Waals surface area (Å²) < 4.78 is 5.09. The minimum Gasteiger partial charge on any atom is -0.361 e. The van der Waals surface area contributed by atoms with Gasteiger partial charge in [-0.1, -0.05) is 12.1 Å². The summed E-state index contributed by atoms with van der Waals surface area (Å²) in [4.78, 5) is 14.1. The zero-order valence-corrected chi connectivity index (χ0v) is 10.4. The second-order valence-electron chi connectivity index (χ2n) is 5.50. The standard InChI is InChI=1S/C13H18N2O2/c1-3-13-6-10(13)7-15(8-13)12(16)5-11-4-9(2)14-17-11/h4,10H,3,5-8H2,1-2H3. The smallest absolute Gasteiger partial charge is 0.230 e. The van der Waals surface area contributed by atoms with Crippen molar-refractivity contribution in [3.63, 3.8) is 0 Å². The summed E-state index contributed by atoms with van der Waals surface area (Å²) in [6.45, 7) is 5.99. The van der Waals surface area contributed by atoms with Crippen LogP contribution in [0.3, 0.4) is 0 Å². The Balaban J connectivity index is 1.61. The molecule has 2 atom stereocenters. The van der Waals surface area contributed by atoms with Crippen LogP contribution in [0.5, 0.6) is 0 Å². The van der Waals surface area contributed by atoms with Gasteiger partial charge in [0.15, 0.2) is 0 Å². The number of aromatic nitrogens is 1. The van der Waals surface area contributed by atoms with Gasteiger partial charge in [0.2, 0.25) is 5.91 Å². The number of amides is 1. The number of nitrogens with zero attached hydrogens (tertiary/aromatic N) is 2. The van der Waals surface area contributed by atoms with Gasteiger partial charge in [-0.15, -0.1) is 0 Å². The molecule has 92 valence electrons. The quantitative estimate of drug-likeness (QED) is 0.801. The van der Waals surface area contributed by atoms with E-state index < -0.39 is 0 Å². The molecule has 1 aliphatic carbocycles. The Labute approximate surface area is 101 Å². The van der Waals surface area contributed by atoms with E-state index in [1.54, 1.807) is 0 Å². The fourth-order valence-electron chi connectivity index (χ4n) is 3.09. The Morgan fingerprint density at radius 1 is 1.71 bits per heavy atom. The molecule has 1 saturated heterocycles. The molecule has 2 aliphatic rings. The van der Waals surface area contributed by atoms with Crippen molar-refractivity contribution in [1.29, 1.82) is 0 Å². The number of likely N-dealkylation sites (tertiary alicyclic amines) is 1. The van der Waals surface area contributed by atoms with Crippen molar-refractivity contribution in [2.75, 3.05) is 13.1 Å². The number of piperidine rings is 1. The first-order valence-electron chi connectivity index (χ1n) is 6.33. The summed E-state index contributed by atoms with van der Waals surface area (Å²) in [5.74, 6) is 1.62. The average Bonchev–Trinajstić information content (AvgIpc) is 2.67. The van der Waals surface area contributed by atoms with E-state index in [1.807, 2.05) is 17.9 Å². The SMILES string of the molecule is CCC12CC1CN(C(=O)Cc1cc(C)no1)C2. The lowest BCUT2D eigenvalue weighted by Crippen LogP contribution is -2.32. The Bertz CT molecular complexity index is 450. The summed E-state index contributed by atoms with van der Waals surface area (Å²) in [5.41, 5.74) is 1.30. The summed E-state index contributed by atoms with van der Waals surface area (Å²) in [7, 11) is 0. The fraction of sp³-hybridized carbons (Fsp3) is 0.692. The van der Waals surface area contributed by atoms with E-state index in [9.17, 15) is 4.79 Å². The van der Waals surface area contributed by atoms with Crippen molar-refractivity contribution < 1.29 is 9.32 Å². The highest BCUT2D eigenvalue weighted by atomic mass is 16.5. The molecule has 17 heavy (non-hydrogen) atoms. The lowest BCUT2D eigenvalue weighted by Gasteiger charge is -2.19. The number of carbonyl (C=O) groups is 1. The fourth-order valence-corrected chi connectivity index (χ4v) is 3.09. The molecule has 0 spiro atoms. The Morgan fingerprint density at radius 2 is 2.53 bits per heavy atom. The maximum atomic E-state index is 12.1. The van der Waals surface area contributed by atoms with Crippen molar-refractivity contribution in [2.45, 2.75) is 33.1 Å². The lowest BCUT2D eigenvalue weighted by atomic mass is 10.0. The summed E-state index contributed by atoms with van der Waals surface area (Å²) in [6, 6.07) is 1.84. The van der Waals surface area contributed by atoms with Crippen LogP contribution in [0.15, 0.2) is 10.6 Å².